The van der Waals surface area contributed by atoms with Crippen LogP contribution in [0.3, 0.4) is 0 Å². The van der Waals surface area contributed by atoms with E-state index in [9.17, 15) is 0 Å². The third-order valence-corrected chi connectivity index (χ3v) is 5.06. The molecule has 1 aliphatic heterocycles. The molecule has 0 N–H and O–H groups in total. The van der Waals surface area contributed by atoms with Crippen molar-refractivity contribution in [1.29, 1.82) is 0 Å². The number of hydrogen-bond donors (Lipinski definition) is 0. The van der Waals surface area contributed by atoms with Gasteiger partial charge in [-0.1, -0.05) is 78.4 Å². The van der Waals surface area contributed by atoms with Gasteiger partial charge in [0.05, 0.1) is 0 Å². The van der Waals surface area contributed by atoms with E-state index < -0.39 is 0 Å². The molecule has 1 heterocycles. The normalized spacial score (nSPS) is 17.0. The highest BCUT2D eigenvalue weighted by Crippen LogP contribution is 2.34. The molecular weight excluding hydrogens is 290 g/mol. The molecule has 0 spiro atoms. The zero-order valence-electron chi connectivity index (χ0n) is 14.2. The third-order valence-electron chi connectivity index (χ3n) is 5.06. The summed E-state index contributed by atoms with van der Waals surface area (Å²) in [5.74, 6) is 0. The topological polar surface area (TPSA) is 3.24 Å². The standard InChI is InChI=1S/C23H23N/c1-24-16-14-18(15-17-24)10-13-23-21-8-4-2-6-19(21)11-12-20-7-3-5-9-22(20)23/h2-13H,14-17H2,1H3. The number of nitrogens with zero attached hydrogens (tertiary/aromatic N) is 1. The minimum Gasteiger partial charge on any atom is -0.306 e. The number of piperidine rings is 1. The molecule has 0 atom stereocenters. The fourth-order valence-corrected chi connectivity index (χ4v) is 3.55. The van der Waals surface area contributed by atoms with Crippen molar-refractivity contribution in [3.63, 3.8) is 0 Å². The van der Waals surface area contributed by atoms with Crippen molar-refractivity contribution in [2.24, 2.45) is 0 Å². The minimum absolute atomic E-state index is 1.17. The Morgan fingerprint density at radius 1 is 0.750 bits per heavy atom. The van der Waals surface area contributed by atoms with Crippen LogP contribution in [0.5, 0.6) is 0 Å². The molecule has 4 rings (SSSR count). The van der Waals surface area contributed by atoms with Gasteiger partial charge in [-0.3, -0.25) is 0 Å². The van der Waals surface area contributed by atoms with E-state index in [4.69, 9.17) is 0 Å². The summed E-state index contributed by atoms with van der Waals surface area (Å²) in [4.78, 5) is 2.41. The zero-order chi connectivity index (χ0) is 16.4. The molecule has 2 aliphatic rings. The number of fused-ring (bicyclic) bond motifs is 2. The Labute approximate surface area is 144 Å². The molecule has 0 saturated carbocycles. The zero-order valence-corrected chi connectivity index (χ0v) is 14.2. The monoisotopic (exact) mass is 313 g/mol. The maximum absolute atomic E-state index is 2.41. The third kappa shape index (κ3) is 3.00. The summed E-state index contributed by atoms with van der Waals surface area (Å²) in [5, 5.41) is 0. The van der Waals surface area contributed by atoms with Crippen molar-refractivity contribution >= 4 is 17.7 Å². The van der Waals surface area contributed by atoms with Gasteiger partial charge in [-0.25, -0.2) is 0 Å². The predicted octanol–water partition coefficient (Wildman–Crippen LogP) is 5.25. The largest absolute Gasteiger partial charge is 0.306 e. The smallest absolute Gasteiger partial charge is 0.00158 e. The van der Waals surface area contributed by atoms with Crippen molar-refractivity contribution in [3.8, 4) is 0 Å². The molecule has 1 nitrogen and oxygen atoms in total. The number of benzene rings is 2. The van der Waals surface area contributed by atoms with Gasteiger partial charge in [0, 0.05) is 13.1 Å². The molecule has 0 radical (unpaired) electrons. The first-order chi connectivity index (χ1) is 11.8. The van der Waals surface area contributed by atoms with Gasteiger partial charge in [-0.15, -0.1) is 0 Å². The van der Waals surface area contributed by atoms with E-state index in [1.165, 1.54) is 53.8 Å². The maximum atomic E-state index is 2.41. The van der Waals surface area contributed by atoms with Crippen LogP contribution in [0.15, 0.2) is 66.3 Å². The first kappa shape index (κ1) is 15.2. The van der Waals surface area contributed by atoms with E-state index in [-0.39, 0.29) is 0 Å². The molecule has 1 fully saturated rings. The second-order valence-electron chi connectivity index (χ2n) is 6.72. The van der Waals surface area contributed by atoms with Crippen LogP contribution >= 0.6 is 0 Å². The molecule has 1 heteroatoms. The van der Waals surface area contributed by atoms with E-state index in [0.717, 1.165) is 0 Å². The predicted molar refractivity (Wildman–Crippen MR) is 104 cm³/mol. The van der Waals surface area contributed by atoms with E-state index >= 15 is 0 Å². The molecule has 0 unspecified atom stereocenters. The Bertz CT molecular complexity index is 777. The van der Waals surface area contributed by atoms with Crippen molar-refractivity contribution in [2.45, 2.75) is 12.8 Å². The maximum Gasteiger partial charge on any atom is 0.00158 e. The van der Waals surface area contributed by atoms with Crippen LogP contribution in [0, 0.1) is 0 Å². The average Bonchev–Trinajstić information content (AvgIpc) is 2.78. The summed E-state index contributed by atoms with van der Waals surface area (Å²) in [6.07, 6.45) is 11.5. The molecule has 0 bridgehead atoms. The van der Waals surface area contributed by atoms with Gasteiger partial charge < -0.3 is 4.90 Å². The average molecular weight is 313 g/mol. The Morgan fingerprint density at radius 3 is 1.88 bits per heavy atom. The van der Waals surface area contributed by atoms with Crippen molar-refractivity contribution in [2.75, 3.05) is 20.1 Å². The van der Waals surface area contributed by atoms with Crippen LogP contribution in [0.1, 0.15) is 35.1 Å². The van der Waals surface area contributed by atoms with Crippen molar-refractivity contribution in [1.82, 2.24) is 4.90 Å². The fourth-order valence-electron chi connectivity index (χ4n) is 3.55. The van der Waals surface area contributed by atoms with Crippen LogP contribution in [0.2, 0.25) is 0 Å². The SMILES string of the molecule is CN1CCC(=CC=C2c3ccccc3C=Cc3ccccc32)CC1. The van der Waals surface area contributed by atoms with Crippen molar-refractivity contribution in [3.05, 3.63) is 88.5 Å². The molecular formula is C23H23N. The summed E-state index contributed by atoms with van der Waals surface area (Å²) in [6.45, 7) is 2.34. The molecule has 120 valence electrons. The quantitative estimate of drug-likeness (QED) is 0.593. The van der Waals surface area contributed by atoms with Crippen LogP contribution in [-0.2, 0) is 0 Å². The molecule has 24 heavy (non-hydrogen) atoms. The van der Waals surface area contributed by atoms with Gasteiger partial charge in [0.1, 0.15) is 0 Å². The lowest BCUT2D eigenvalue weighted by molar-refractivity contribution is 0.312. The summed E-state index contributed by atoms with van der Waals surface area (Å²) in [6, 6.07) is 17.4. The summed E-state index contributed by atoms with van der Waals surface area (Å²) in [7, 11) is 2.21. The second kappa shape index (κ2) is 6.62. The van der Waals surface area contributed by atoms with Crippen LogP contribution < -0.4 is 0 Å². The van der Waals surface area contributed by atoms with E-state index in [2.05, 4.69) is 84.8 Å². The highest BCUT2D eigenvalue weighted by Gasteiger charge is 2.14. The van der Waals surface area contributed by atoms with Gasteiger partial charge in [0.2, 0.25) is 0 Å². The summed E-state index contributed by atoms with van der Waals surface area (Å²) >= 11 is 0. The molecule has 2 aromatic carbocycles. The van der Waals surface area contributed by atoms with Gasteiger partial charge in [0.25, 0.3) is 0 Å². The lowest BCUT2D eigenvalue weighted by Gasteiger charge is -2.23. The van der Waals surface area contributed by atoms with Crippen LogP contribution in [0.4, 0.5) is 0 Å². The summed E-state index contributed by atoms with van der Waals surface area (Å²) < 4.78 is 0. The Hall–Kier alpha value is -2.38. The lowest BCUT2D eigenvalue weighted by Crippen LogP contribution is -2.26. The highest BCUT2D eigenvalue weighted by atomic mass is 15.1. The molecule has 1 saturated heterocycles. The van der Waals surface area contributed by atoms with E-state index in [0.29, 0.717) is 0 Å². The molecule has 2 aromatic rings. The fraction of sp³-hybridized carbons (Fsp3) is 0.217. The molecule has 1 aliphatic carbocycles. The van der Waals surface area contributed by atoms with Gasteiger partial charge in [0.15, 0.2) is 0 Å². The first-order valence-corrected chi connectivity index (χ1v) is 8.76. The lowest BCUT2D eigenvalue weighted by atomic mass is 9.92. The van der Waals surface area contributed by atoms with E-state index in [1.807, 2.05) is 0 Å². The van der Waals surface area contributed by atoms with Gasteiger partial charge in [-0.05, 0) is 47.7 Å². The summed E-state index contributed by atoms with van der Waals surface area (Å²) in [5.41, 5.74) is 8.13. The Morgan fingerprint density at radius 2 is 1.29 bits per heavy atom. The van der Waals surface area contributed by atoms with E-state index in [1.54, 1.807) is 5.57 Å². The first-order valence-electron chi connectivity index (χ1n) is 8.76. The highest BCUT2D eigenvalue weighted by molar-refractivity contribution is 5.94. The number of likely N-dealkylation sites (tertiary alicyclic amines) is 1. The van der Waals surface area contributed by atoms with Gasteiger partial charge >= 0.3 is 0 Å². The second-order valence-corrected chi connectivity index (χ2v) is 6.72. The number of rotatable bonds is 1. The van der Waals surface area contributed by atoms with Crippen LogP contribution in [-0.4, -0.2) is 25.0 Å². The number of hydrogen-bond acceptors (Lipinski definition) is 1. The molecule has 0 aromatic heterocycles. The Kier molecular flexibility index (Phi) is 4.18. The Balaban J connectivity index is 1.80. The van der Waals surface area contributed by atoms with Gasteiger partial charge in [-0.2, -0.15) is 0 Å². The molecule has 0 amide bonds. The van der Waals surface area contributed by atoms with Crippen LogP contribution in [0.25, 0.3) is 17.7 Å². The number of allylic oxidation sites excluding steroid dienone is 2. The minimum atomic E-state index is 1.17. The van der Waals surface area contributed by atoms with Crippen molar-refractivity contribution < 1.29 is 0 Å².